The van der Waals surface area contributed by atoms with Crippen LogP contribution in [0.2, 0.25) is 44.8 Å². The van der Waals surface area contributed by atoms with Crippen LogP contribution in [0, 0.1) is 5.41 Å². The summed E-state index contributed by atoms with van der Waals surface area (Å²) in [5.74, 6) is -0.0171. The Hall–Kier alpha value is -0.0962. The quantitative estimate of drug-likeness (QED) is 0.511. The molecule has 0 bridgehead atoms. The average molecular weight is 288 g/mol. The van der Waals surface area contributed by atoms with Crippen LogP contribution in [0.25, 0.3) is 0 Å². The Morgan fingerprint density at radius 1 is 1.28 bits per heavy atom. The molecule has 107 valence electrons. The smallest absolute Gasteiger partial charge is 0.311 e. The lowest BCUT2D eigenvalue weighted by atomic mass is 9.91. The number of hydrogen-bond acceptors (Lipinski definition) is 2. The van der Waals surface area contributed by atoms with E-state index in [4.69, 9.17) is 4.74 Å². The average Bonchev–Trinajstić information content (AvgIpc) is 2.13. The second-order valence-electron chi connectivity index (χ2n) is 7.44. The minimum Gasteiger partial charge on any atom is -0.463 e. The fraction of sp³-hybridized carbons (Fsp3) is 0.929. The van der Waals surface area contributed by atoms with E-state index in [1.165, 1.54) is 0 Å². The Morgan fingerprint density at radius 3 is 2.11 bits per heavy atom. The van der Waals surface area contributed by atoms with E-state index in [1.807, 2.05) is 20.8 Å². The first kappa shape index (κ1) is 17.9. The highest BCUT2D eigenvalue weighted by Crippen LogP contribution is 2.26. The highest BCUT2D eigenvalue weighted by molar-refractivity contribution is 6.76. The van der Waals surface area contributed by atoms with Gasteiger partial charge >= 0.3 is 5.97 Å². The van der Waals surface area contributed by atoms with Crippen LogP contribution in [0.5, 0.6) is 0 Å². The highest BCUT2D eigenvalue weighted by Gasteiger charge is 2.31. The van der Waals surface area contributed by atoms with Crippen molar-refractivity contribution in [2.24, 2.45) is 5.41 Å². The SMILES string of the molecule is CCC(C)(C)C(=O)OC(C[Si](C)C)C[Si](C)(C)C. The molecule has 1 unspecified atom stereocenters. The van der Waals surface area contributed by atoms with Gasteiger partial charge in [-0.3, -0.25) is 4.79 Å². The van der Waals surface area contributed by atoms with Gasteiger partial charge in [-0.15, -0.1) is 0 Å². The molecule has 0 aliphatic heterocycles. The van der Waals surface area contributed by atoms with Gasteiger partial charge in [0.2, 0.25) is 0 Å². The van der Waals surface area contributed by atoms with E-state index < -0.39 is 8.07 Å². The molecule has 2 nitrogen and oxygen atoms in total. The molecule has 0 heterocycles. The summed E-state index contributed by atoms with van der Waals surface area (Å²) in [7, 11) is -1.54. The molecule has 0 saturated carbocycles. The molecule has 0 aliphatic rings. The van der Waals surface area contributed by atoms with Crippen LogP contribution in [-0.4, -0.2) is 28.9 Å². The first-order chi connectivity index (χ1) is 7.98. The number of rotatable bonds is 7. The van der Waals surface area contributed by atoms with Gasteiger partial charge in [-0.2, -0.15) is 0 Å². The predicted octanol–water partition coefficient (Wildman–Crippen LogP) is 4.43. The van der Waals surface area contributed by atoms with Crippen LogP contribution in [0.4, 0.5) is 0 Å². The van der Waals surface area contributed by atoms with Gasteiger partial charge in [-0.05, 0) is 32.4 Å². The summed E-state index contributed by atoms with van der Waals surface area (Å²) in [5, 5.41) is 0. The van der Waals surface area contributed by atoms with Gasteiger partial charge < -0.3 is 4.74 Å². The van der Waals surface area contributed by atoms with Gasteiger partial charge in [0.15, 0.2) is 0 Å². The topological polar surface area (TPSA) is 26.3 Å². The molecule has 0 aromatic heterocycles. The molecular formula is C14H31O2Si2. The molecule has 0 fully saturated rings. The summed E-state index contributed by atoms with van der Waals surface area (Å²) >= 11 is 0. The van der Waals surface area contributed by atoms with Crippen LogP contribution in [0.3, 0.4) is 0 Å². The fourth-order valence-corrected chi connectivity index (χ4v) is 4.77. The Bertz CT molecular complexity index is 267. The van der Waals surface area contributed by atoms with Crippen molar-refractivity contribution in [2.45, 2.75) is 78.1 Å². The summed E-state index contributed by atoms with van der Waals surface area (Å²) in [5.41, 5.74) is -0.341. The largest absolute Gasteiger partial charge is 0.463 e. The van der Waals surface area contributed by atoms with Crippen molar-refractivity contribution in [1.29, 1.82) is 0 Å². The third kappa shape index (κ3) is 7.36. The molecule has 0 rings (SSSR count). The van der Waals surface area contributed by atoms with Gasteiger partial charge in [0.25, 0.3) is 0 Å². The molecule has 0 spiro atoms. The normalized spacial score (nSPS) is 14.7. The highest BCUT2D eigenvalue weighted by atomic mass is 28.3. The summed E-state index contributed by atoms with van der Waals surface area (Å²) in [6.07, 6.45) is 0.987. The molecule has 0 amide bonds. The molecular weight excluding hydrogens is 256 g/mol. The zero-order chi connectivity index (χ0) is 14.6. The summed E-state index contributed by atoms with van der Waals surface area (Å²) in [6, 6.07) is 2.18. The van der Waals surface area contributed by atoms with Crippen LogP contribution in [0.15, 0.2) is 0 Å². The summed E-state index contributed by atoms with van der Waals surface area (Å²) in [6.45, 7) is 17.6. The van der Waals surface area contributed by atoms with Crippen LogP contribution in [0.1, 0.15) is 27.2 Å². The van der Waals surface area contributed by atoms with Gasteiger partial charge in [0.1, 0.15) is 0 Å². The maximum Gasteiger partial charge on any atom is 0.311 e. The van der Waals surface area contributed by atoms with E-state index in [-0.39, 0.29) is 26.3 Å². The lowest BCUT2D eigenvalue weighted by Crippen LogP contribution is -2.36. The van der Waals surface area contributed by atoms with E-state index in [9.17, 15) is 4.79 Å². The van der Waals surface area contributed by atoms with Crippen molar-refractivity contribution in [3.8, 4) is 0 Å². The Morgan fingerprint density at radius 2 is 1.78 bits per heavy atom. The number of ether oxygens (including phenoxy) is 1. The lowest BCUT2D eigenvalue weighted by molar-refractivity contribution is -0.158. The number of carbonyl (C=O) groups excluding carboxylic acids is 1. The van der Waals surface area contributed by atoms with E-state index in [0.717, 1.165) is 18.5 Å². The fourth-order valence-electron chi connectivity index (χ4n) is 1.75. The zero-order valence-electron chi connectivity index (χ0n) is 13.5. The second-order valence-corrected chi connectivity index (χ2v) is 15.8. The first-order valence-electron chi connectivity index (χ1n) is 6.98. The molecule has 1 atom stereocenters. The molecule has 0 saturated heterocycles. The Kier molecular flexibility index (Phi) is 6.86. The molecule has 18 heavy (non-hydrogen) atoms. The summed E-state index contributed by atoms with van der Waals surface area (Å²) < 4.78 is 5.81. The van der Waals surface area contributed by atoms with Crippen molar-refractivity contribution in [1.82, 2.24) is 0 Å². The summed E-state index contributed by atoms with van der Waals surface area (Å²) in [4.78, 5) is 12.2. The van der Waals surface area contributed by atoms with Gasteiger partial charge in [-0.1, -0.05) is 39.7 Å². The van der Waals surface area contributed by atoms with E-state index in [1.54, 1.807) is 0 Å². The van der Waals surface area contributed by atoms with Crippen molar-refractivity contribution < 1.29 is 9.53 Å². The minimum absolute atomic E-state index is 0.0171. The van der Waals surface area contributed by atoms with Crippen LogP contribution >= 0.6 is 0 Å². The third-order valence-corrected chi connectivity index (χ3v) is 6.14. The first-order valence-corrected chi connectivity index (χ1v) is 13.4. The van der Waals surface area contributed by atoms with Gasteiger partial charge in [0, 0.05) is 16.9 Å². The maximum atomic E-state index is 12.2. The van der Waals surface area contributed by atoms with E-state index in [0.29, 0.717) is 0 Å². The minimum atomic E-state index is -1.18. The van der Waals surface area contributed by atoms with Crippen molar-refractivity contribution in [3.05, 3.63) is 0 Å². The molecule has 0 aliphatic carbocycles. The van der Waals surface area contributed by atoms with Crippen molar-refractivity contribution >= 4 is 22.8 Å². The molecule has 4 heteroatoms. The van der Waals surface area contributed by atoms with Crippen molar-refractivity contribution in [3.63, 3.8) is 0 Å². The van der Waals surface area contributed by atoms with E-state index >= 15 is 0 Å². The molecule has 0 aromatic rings. The molecule has 1 radical (unpaired) electrons. The number of esters is 1. The van der Waals surface area contributed by atoms with Crippen LogP contribution < -0.4 is 0 Å². The zero-order valence-corrected chi connectivity index (χ0v) is 15.5. The van der Waals surface area contributed by atoms with E-state index in [2.05, 4.69) is 32.7 Å². The monoisotopic (exact) mass is 287 g/mol. The number of carbonyl (C=O) groups is 1. The van der Waals surface area contributed by atoms with Gasteiger partial charge in [0.05, 0.1) is 11.5 Å². The number of hydrogen-bond donors (Lipinski definition) is 0. The lowest BCUT2D eigenvalue weighted by Gasteiger charge is -2.29. The molecule has 0 N–H and O–H groups in total. The Labute approximate surface area is 116 Å². The van der Waals surface area contributed by atoms with Gasteiger partial charge in [-0.25, -0.2) is 0 Å². The maximum absolute atomic E-state index is 12.2. The van der Waals surface area contributed by atoms with Crippen LogP contribution in [-0.2, 0) is 9.53 Å². The second kappa shape index (κ2) is 6.89. The van der Waals surface area contributed by atoms with Crippen molar-refractivity contribution in [2.75, 3.05) is 0 Å². The third-order valence-electron chi connectivity index (χ3n) is 3.19. The standard InChI is InChI=1S/C14H31O2Si2/c1-9-14(2,3)13(15)16-12(10-17(4)5)11-18(6,7)8/h12H,9-11H2,1-8H3. The molecule has 0 aromatic carbocycles. The Balaban J connectivity index is 4.64. The predicted molar refractivity (Wildman–Crippen MR) is 84.4 cm³/mol.